The molecule has 0 aromatic carbocycles. The Morgan fingerprint density at radius 3 is 3.15 bits per heavy atom. The van der Waals surface area contributed by atoms with Crippen LogP contribution in [0.4, 0.5) is 5.82 Å². The fourth-order valence-corrected chi connectivity index (χ4v) is 2.72. The average molecular weight is 338 g/mol. The number of fused-ring (bicyclic) bond motifs is 1. The molecule has 0 spiro atoms. The maximum Gasteiger partial charge on any atom is 0.318 e. The number of ether oxygens (including phenoxy) is 1. The molecule has 0 amide bonds. The number of rotatable bonds is 4. The van der Waals surface area contributed by atoms with E-state index in [0.29, 0.717) is 12.6 Å². The highest BCUT2D eigenvalue weighted by molar-refractivity contribution is 9.10. The van der Waals surface area contributed by atoms with Gasteiger partial charge in [0, 0.05) is 24.3 Å². The minimum absolute atomic E-state index is 0.354. The Bertz CT molecular complexity index is 613. The lowest BCUT2D eigenvalue weighted by Crippen LogP contribution is -2.13. The van der Waals surface area contributed by atoms with Crippen molar-refractivity contribution < 1.29 is 4.74 Å². The molecule has 0 unspecified atom stereocenters. The lowest BCUT2D eigenvalue weighted by molar-refractivity contribution is 0.380. The molecule has 0 fully saturated rings. The molecule has 1 N–H and O–H groups in total. The van der Waals surface area contributed by atoms with Gasteiger partial charge in [-0.2, -0.15) is 10.1 Å². The number of hydrogen-bond acceptors (Lipinski definition) is 5. The van der Waals surface area contributed by atoms with Gasteiger partial charge in [0.2, 0.25) is 0 Å². The second kappa shape index (κ2) is 5.78. The van der Waals surface area contributed by atoms with Crippen LogP contribution in [-0.4, -0.2) is 26.9 Å². The second-order valence-electron chi connectivity index (χ2n) is 4.70. The lowest BCUT2D eigenvalue weighted by atomic mass is 10.1. The molecule has 20 heavy (non-hydrogen) atoms. The van der Waals surface area contributed by atoms with Crippen molar-refractivity contribution in [3.8, 4) is 6.01 Å². The maximum absolute atomic E-state index is 5.04. The Balaban J connectivity index is 1.75. The number of aryl methyl sites for hydroxylation is 1. The number of hydrogen-bond donors (Lipinski definition) is 1. The minimum Gasteiger partial charge on any atom is -0.467 e. The number of nitrogens with one attached hydrogen (secondary N) is 1. The normalized spacial score (nSPS) is 13.9. The number of aromatic nitrogens is 4. The summed E-state index contributed by atoms with van der Waals surface area (Å²) in [6, 6.07) is 0.354. The molecule has 3 rings (SSSR count). The largest absolute Gasteiger partial charge is 0.467 e. The van der Waals surface area contributed by atoms with Crippen molar-refractivity contribution in [1.29, 1.82) is 0 Å². The van der Waals surface area contributed by atoms with Crippen molar-refractivity contribution in [3.63, 3.8) is 0 Å². The van der Waals surface area contributed by atoms with Crippen LogP contribution in [0.1, 0.15) is 24.1 Å². The van der Waals surface area contributed by atoms with Crippen LogP contribution in [0.15, 0.2) is 16.9 Å². The zero-order valence-corrected chi connectivity index (χ0v) is 12.9. The number of nitrogens with zero attached hydrogens (tertiary/aromatic N) is 4. The summed E-state index contributed by atoms with van der Waals surface area (Å²) in [4.78, 5) is 8.32. The lowest BCUT2D eigenvalue weighted by Gasteiger charge is -2.15. The number of anilines is 1. The van der Waals surface area contributed by atoms with Gasteiger partial charge in [-0.1, -0.05) is 0 Å². The zero-order valence-electron chi connectivity index (χ0n) is 11.3. The summed E-state index contributed by atoms with van der Waals surface area (Å²) >= 11 is 3.43. The Labute approximate surface area is 125 Å². The molecule has 0 saturated carbocycles. The van der Waals surface area contributed by atoms with Gasteiger partial charge in [0.05, 0.1) is 24.0 Å². The highest BCUT2D eigenvalue weighted by Gasteiger charge is 2.15. The fraction of sp³-hybridized carbons (Fsp3) is 0.462. The van der Waals surface area contributed by atoms with E-state index >= 15 is 0 Å². The number of methoxy groups -OCH3 is 1. The van der Waals surface area contributed by atoms with Crippen LogP contribution in [-0.2, 0) is 19.5 Å². The first kappa shape index (κ1) is 13.4. The summed E-state index contributed by atoms with van der Waals surface area (Å²) in [6.45, 7) is 1.73. The molecule has 1 aliphatic rings. The molecule has 0 radical (unpaired) electrons. The molecule has 2 aromatic rings. The van der Waals surface area contributed by atoms with Crippen LogP contribution in [0, 0.1) is 0 Å². The maximum atomic E-state index is 5.04. The van der Waals surface area contributed by atoms with Crippen LogP contribution in [0.5, 0.6) is 6.01 Å². The first-order valence-corrected chi connectivity index (χ1v) is 7.41. The highest BCUT2D eigenvalue weighted by Crippen LogP contribution is 2.23. The molecule has 1 aliphatic heterocycles. The quantitative estimate of drug-likeness (QED) is 0.927. The summed E-state index contributed by atoms with van der Waals surface area (Å²) in [7, 11) is 1.56. The van der Waals surface area contributed by atoms with Gasteiger partial charge >= 0.3 is 6.01 Å². The van der Waals surface area contributed by atoms with Gasteiger partial charge in [-0.05, 0) is 35.2 Å². The van der Waals surface area contributed by atoms with Gasteiger partial charge in [-0.25, -0.2) is 4.98 Å². The van der Waals surface area contributed by atoms with Gasteiger partial charge in [0.15, 0.2) is 0 Å². The third-order valence-electron chi connectivity index (χ3n) is 3.42. The van der Waals surface area contributed by atoms with Crippen molar-refractivity contribution >= 4 is 21.7 Å². The van der Waals surface area contributed by atoms with E-state index in [-0.39, 0.29) is 0 Å². The predicted octanol–water partition coefficient (Wildman–Crippen LogP) is 2.39. The summed E-state index contributed by atoms with van der Waals surface area (Å²) in [5, 5.41) is 7.74. The topological polar surface area (TPSA) is 64.9 Å². The van der Waals surface area contributed by atoms with E-state index in [0.717, 1.165) is 23.3 Å². The SMILES string of the molecule is COc1ncc(Br)c(NCc2cnn3c2CCCC3)n1. The van der Waals surface area contributed by atoms with E-state index in [2.05, 4.69) is 41.0 Å². The molecule has 0 aliphatic carbocycles. The van der Waals surface area contributed by atoms with E-state index in [1.807, 2.05) is 6.20 Å². The molecular weight excluding hydrogens is 322 g/mol. The minimum atomic E-state index is 0.354. The van der Waals surface area contributed by atoms with E-state index in [4.69, 9.17) is 4.74 Å². The summed E-state index contributed by atoms with van der Waals surface area (Å²) in [6.07, 6.45) is 7.19. The molecule has 6 nitrogen and oxygen atoms in total. The third kappa shape index (κ3) is 2.63. The van der Waals surface area contributed by atoms with E-state index in [1.54, 1.807) is 13.3 Å². The molecule has 7 heteroatoms. The van der Waals surface area contributed by atoms with Crippen LogP contribution in [0.25, 0.3) is 0 Å². The highest BCUT2D eigenvalue weighted by atomic mass is 79.9. The monoisotopic (exact) mass is 337 g/mol. The van der Waals surface area contributed by atoms with Crippen molar-refractivity contribution in [2.24, 2.45) is 0 Å². The van der Waals surface area contributed by atoms with Crippen LogP contribution < -0.4 is 10.1 Å². The van der Waals surface area contributed by atoms with Crippen molar-refractivity contribution in [3.05, 3.63) is 28.1 Å². The fourth-order valence-electron chi connectivity index (χ4n) is 2.39. The van der Waals surface area contributed by atoms with E-state index in [9.17, 15) is 0 Å². The summed E-state index contributed by atoms with van der Waals surface area (Å²) in [5.41, 5.74) is 2.56. The van der Waals surface area contributed by atoms with Crippen molar-refractivity contribution in [1.82, 2.24) is 19.7 Å². The van der Waals surface area contributed by atoms with E-state index in [1.165, 1.54) is 24.1 Å². The molecule has 0 atom stereocenters. The Kier molecular flexibility index (Phi) is 3.86. The molecular formula is C13H16BrN5O. The smallest absolute Gasteiger partial charge is 0.318 e. The Hall–Kier alpha value is -1.63. The summed E-state index contributed by atoms with van der Waals surface area (Å²) in [5.74, 6) is 0.729. The van der Waals surface area contributed by atoms with Crippen LogP contribution in [0.3, 0.4) is 0 Å². The number of halogens is 1. The standard InChI is InChI=1S/C13H16BrN5O/c1-20-13-16-8-10(14)12(18-13)15-6-9-7-17-19-5-3-2-4-11(9)19/h7-8H,2-6H2,1H3,(H,15,16,18). The van der Waals surface area contributed by atoms with Crippen LogP contribution >= 0.6 is 15.9 Å². The Morgan fingerprint density at radius 2 is 2.30 bits per heavy atom. The predicted molar refractivity (Wildman–Crippen MR) is 78.8 cm³/mol. The second-order valence-corrected chi connectivity index (χ2v) is 5.56. The molecule has 0 saturated heterocycles. The van der Waals surface area contributed by atoms with Crippen molar-refractivity contribution in [2.75, 3.05) is 12.4 Å². The molecule has 3 heterocycles. The first-order chi connectivity index (χ1) is 9.78. The Morgan fingerprint density at radius 1 is 1.40 bits per heavy atom. The van der Waals surface area contributed by atoms with E-state index < -0.39 is 0 Å². The van der Waals surface area contributed by atoms with Crippen LogP contribution in [0.2, 0.25) is 0 Å². The third-order valence-corrected chi connectivity index (χ3v) is 4.00. The van der Waals surface area contributed by atoms with Gasteiger partial charge in [0.1, 0.15) is 5.82 Å². The molecule has 2 aromatic heterocycles. The van der Waals surface area contributed by atoms with Crippen molar-refractivity contribution in [2.45, 2.75) is 32.4 Å². The van der Waals surface area contributed by atoms with Gasteiger partial charge < -0.3 is 10.1 Å². The molecule has 0 bridgehead atoms. The van der Waals surface area contributed by atoms with Gasteiger partial charge in [0.25, 0.3) is 0 Å². The summed E-state index contributed by atoms with van der Waals surface area (Å²) < 4.78 is 7.96. The average Bonchev–Trinajstić information content (AvgIpc) is 2.90. The van der Waals surface area contributed by atoms with Gasteiger partial charge in [-0.15, -0.1) is 0 Å². The molecule has 106 valence electrons. The van der Waals surface area contributed by atoms with Gasteiger partial charge in [-0.3, -0.25) is 4.68 Å². The first-order valence-electron chi connectivity index (χ1n) is 6.62. The zero-order chi connectivity index (χ0) is 13.9.